The van der Waals surface area contributed by atoms with Crippen LogP contribution in [0.4, 0.5) is 17.1 Å². The van der Waals surface area contributed by atoms with Crippen molar-refractivity contribution >= 4 is 17.1 Å². The summed E-state index contributed by atoms with van der Waals surface area (Å²) in [6, 6.07) is 43.0. The van der Waals surface area contributed by atoms with Gasteiger partial charge in [-0.05, 0) is 164 Å². The van der Waals surface area contributed by atoms with E-state index in [1.54, 1.807) is 11.1 Å². The lowest BCUT2D eigenvalue weighted by Crippen LogP contribution is -2.73. The average molecular weight is 694 g/mol. The van der Waals surface area contributed by atoms with E-state index in [0.29, 0.717) is 5.41 Å². The van der Waals surface area contributed by atoms with Gasteiger partial charge < -0.3 is 4.90 Å². The molecule has 6 aliphatic carbocycles. The fraction of sp³-hybridized carbons (Fsp3) is 0.423. The zero-order valence-electron chi connectivity index (χ0n) is 32.9. The van der Waals surface area contributed by atoms with Gasteiger partial charge in [0.25, 0.3) is 0 Å². The van der Waals surface area contributed by atoms with Crippen LogP contribution in [0.15, 0.2) is 109 Å². The molecule has 4 fully saturated rings. The summed E-state index contributed by atoms with van der Waals surface area (Å²) in [6.07, 6.45) is 8.32. The molecule has 2 bridgehead atoms. The van der Waals surface area contributed by atoms with Crippen LogP contribution in [0, 0.1) is 29.1 Å². The number of nitrogens with zero attached hydrogens (tertiary/aromatic N) is 1. The van der Waals surface area contributed by atoms with Gasteiger partial charge in [0.05, 0.1) is 5.69 Å². The minimum absolute atomic E-state index is 0.0817. The molecule has 4 saturated carbocycles. The topological polar surface area (TPSA) is 3.24 Å². The Labute approximate surface area is 317 Å². The van der Waals surface area contributed by atoms with Crippen molar-refractivity contribution in [3.05, 3.63) is 137 Å². The molecule has 0 N–H and O–H groups in total. The minimum Gasteiger partial charge on any atom is -0.310 e. The van der Waals surface area contributed by atoms with Crippen molar-refractivity contribution in [2.75, 3.05) is 4.90 Å². The first-order chi connectivity index (χ1) is 25.4. The average Bonchev–Trinajstić information content (AvgIpc) is 3.78. The van der Waals surface area contributed by atoms with Crippen LogP contribution < -0.4 is 4.90 Å². The van der Waals surface area contributed by atoms with Crippen molar-refractivity contribution in [1.82, 2.24) is 0 Å². The first kappa shape index (κ1) is 32.3. The highest BCUT2D eigenvalue weighted by Crippen LogP contribution is 2.89. The summed E-state index contributed by atoms with van der Waals surface area (Å²) >= 11 is 0. The van der Waals surface area contributed by atoms with E-state index in [1.807, 2.05) is 0 Å². The summed E-state index contributed by atoms with van der Waals surface area (Å²) in [6.45, 7) is 16.7. The fourth-order valence-corrected chi connectivity index (χ4v) is 13.8. The van der Waals surface area contributed by atoms with Crippen molar-refractivity contribution in [3.8, 4) is 22.3 Å². The second kappa shape index (κ2) is 10.3. The zero-order valence-corrected chi connectivity index (χ0v) is 32.9. The van der Waals surface area contributed by atoms with Crippen LogP contribution in [0.5, 0.6) is 0 Å². The third-order valence-corrected chi connectivity index (χ3v) is 16.2. The van der Waals surface area contributed by atoms with Gasteiger partial charge in [-0.2, -0.15) is 0 Å². The molecule has 0 aromatic heterocycles. The van der Waals surface area contributed by atoms with Crippen LogP contribution >= 0.6 is 0 Å². The smallest absolute Gasteiger partial charge is 0.0502 e. The van der Waals surface area contributed by atoms with Crippen molar-refractivity contribution in [2.45, 2.75) is 109 Å². The van der Waals surface area contributed by atoms with Crippen LogP contribution in [-0.4, -0.2) is 0 Å². The Morgan fingerprint density at radius 3 is 1.94 bits per heavy atom. The molecule has 5 aromatic rings. The summed E-state index contributed by atoms with van der Waals surface area (Å²) in [4.78, 5) is 2.55. The molecule has 5 aromatic carbocycles. The minimum atomic E-state index is 0.0817. The summed E-state index contributed by atoms with van der Waals surface area (Å²) in [5.41, 5.74) is 18.4. The predicted octanol–water partition coefficient (Wildman–Crippen LogP) is 13.8. The Morgan fingerprint density at radius 1 is 0.585 bits per heavy atom. The maximum absolute atomic E-state index is 2.55. The summed E-state index contributed by atoms with van der Waals surface area (Å²) < 4.78 is 0. The molecule has 0 aliphatic heterocycles. The highest BCUT2D eigenvalue weighted by molar-refractivity contribution is 5.94. The predicted molar refractivity (Wildman–Crippen MR) is 222 cm³/mol. The van der Waals surface area contributed by atoms with Crippen molar-refractivity contribution in [1.29, 1.82) is 0 Å². The van der Waals surface area contributed by atoms with E-state index in [2.05, 4.69) is 163 Å². The molecule has 268 valence electrons. The largest absolute Gasteiger partial charge is 0.310 e. The number of anilines is 3. The molecule has 53 heavy (non-hydrogen) atoms. The molecule has 6 aliphatic rings. The van der Waals surface area contributed by atoms with E-state index in [4.69, 9.17) is 0 Å². The van der Waals surface area contributed by atoms with Crippen molar-refractivity contribution in [2.24, 2.45) is 29.1 Å². The standard InChI is InChI=1S/C52H55N/c1-48(2,3)34-20-24-37(25-21-34)53(43-17-11-16-42-47(43)50(6,7)27-26-49(42,4)5)36-22-18-33(19-23-36)38-13-10-15-41-46(38)39-12-8-9-14-40(39)52(41)44-29-32-28-35-30-45(52)51(35,44)31-32/h8-25,32,35,44-45H,26-31H2,1-7H3. The molecule has 0 amide bonds. The number of hydrogen-bond acceptors (Lipinski definition) is 1. The molecule has 1 heteroatoms. The van der Waals surface area contributed by atoms with Crippen molar-refractivity contribution < 1.29 is 0 Å². The first-order valence-electron chi connectivity index (χ1n) is 20.7. The Morgan fingerprint density at radius 2 is 1.21 bits per heavy atom. The Bertz CT molecular complexity index is 2320. The number of fused-ring (bicyclic) bond motifs is 9. The van der Waals surface area contributed by atoms with Crippen molar-refractivity contribution in [3.63, 3.8) is 0 Å². The Kier molecular flexibility index (Phi) is 6.31. The monoisotopic (exact) mass is 693 g/mol. The molecule has 6 atom stereocenters. The van der Waals surface area contributed by atoms with Gasteiger partial charge in [-0.25, -0.2) is 0 Å². The maximum atomic E-state index is 2.55. The highest BCUT2D eigenvalue weighted by atomic mass is 15.1. The Balaban J connectivity index is 1.05. The quantitative estimate of drug-likeness (QED) is 0.181. The lowest BCUT2D eigenvalue weighted by atomic mass is 9.27. The lowest BCUT2D eigenvalue weighted by Gasteiger charge is -2.76. The van der Waals surface area contributed by atoms with Gasteiger partial charge in [-0.3, -0.25) is 0 Å². The molecule has 0 radical (unpaired) electrons. The van der Waals surface area contributed by atoms with Crippen LogP contribution in [-0.2, 0) is 21.7 Å². The van der Waals surface area contributed by atoms with Gasteiger partial charge in [0.2, 0.25) is 0 Å². The van der Waals surface area contributed by atoms with Gasteiger partial charge in [0, 0.05) is 16.8 Å². The van der Waals surface area contributed by atoms with Gasteiger partial charge in [-0.1, -0.05) is 127 Å². The van der Waals surface area contributed by atoms with E-state index in [0.717, 1.165) is 23.7 Å². The van der Waals surface area contributed by atoms with E-state index < -0.39 is 0 Å². The maximum Gasteiger partial charge on any atom is 0.0502 e. The van der Waals surface area contributed by atoms with E-state index >= 15 is 0 Å². The summed E-state index contributed by atoms with van der Waals surface area (Å²) in [5.74, 6) is 3.65. The van der Waals surface area contributed by atoms with Crippen LogP contribution in [0.25, 0.3) is 22.3 Å². The van der Waals surface area contributed by atoms with E-state index in [-0.39, 0.29) is 21.7 Å². The molecule has 11 rings (SSSR count). The van der Waals surface area contributed by atoms with Crippen LogP contribution in [0.1, 0.15) is 115 Å². The number of hydrogen-bond donors (Lipinski definition) is 0. The molecule has 0 heterocycles. The van der Waals surface area contributed by atoms with Crippen LogP contribution in [0.3, 0.4) is 0 Å². The fourth-order valence-electron chi connectivity index (χ4n) is 13.8. The molecule has 1 nitrogen and oxygen atoms in total. The normalized spacial score (nSPS) is 30.2. The second-order valence-corrected chi connectivity index (χ2v) is 20.5. The Hall–Kier alpha value is -4.10. The van der Waals surface area contributed by atoms with Gasteiger partial charge >= 0.3 is 0 Å². The third kappa shape index (κ3) is 4.00. The molecular formula is C52H55N. The van der Waals surface area contributed by atoms with Crippen LogP contribution in [0.2, 0.25) is 0 Å². The summed E-state index contributed by atoms with van der Waals surface area (Å²) in [7, 11) is 0. The third-order valence-electron chi connectivity index (χ3n) is 16.2. The molecule has 6 unspecified atom stereocenters. The van der Waals surface area contributed by atoms with Gasteiger partial charge in [0.1, 0.15) is 0 Å². The number of rotatable bonds is 4. The SMILES string of the molecule is CC(C)(C)c1ccc(N(c2ccc(-c3cccc4c3-c3ccccc3C43C4CC5CC6CC3C64C5)cc2)c2cccc3c2C(C)(C)CCC3(C)C)cc1. The second-order valence-electron chi connectivity index (χ2n) is 20.5. The summed E-state index contributed by atoms with van der Waals surface area (Å²) in [5, 5.41) is 0. The van der Waals surface area contributed by atoms with Gasteiger partial charge in [0.15, 0.2) is 0 Å². The van der Waals surface area contributed by atoms with Gasteiger partial charge in [-0.15, -0.1) is 0 Å². The zero-order chi connectivity index (χ0) is 36.3. The van der Waals surface area contributed by atoms with E-state index in [1.165, 1.54) is 94.5 Å². The van der Waals surface area contributed by atoms with E-state index in [9.17, 15) is 0 Å². The number of benzene rings is 5. The highest BCUT2D eigenvalue weighted by Gasteiger charge is 2.84. The lowest BCUT2D eigenvalue weighted by molar-refractivity contribution is -0.231. The molecule has 0 saturated heterocycles. The molecular weight excluding hydrogens is 639 g/mol. The molecule has 2 spiro atoms. The first-order valence-corrected chi connectivity index (χ1v) is 20.7.